The number of hydrogen-bond acceptors (Lipinski definition) is 4. The summed E-state index contributed by atoms with van der Waals surface area (Å²) in [5.74, 6) is -0.0666. The summed E-state index contributed by atoms with van der Waals surface area (Å²) in [6.07, 6.45) is 1.66. The van der Waals surface area contributed by atoms with Gasteiger partial charge in [0.05, 0.1) is 5.69 Å². The van der Waals surface area contributed by atoms with Crippen LogP contribution in [0.4, 0.5) is 5.69 Å². The number of likely N-dealkylation sites (N-methyl/N-ethyl adjacent to an activating group) is 1. The molecule has 94 valence electrons. The highest BCUT2D eigenvalue weighted by Crippen LogP contribution is 2.14. The highest BCUT2D eigenvalue weighted by Gasteiger charge is 2.27. The number of nitrogen functional groups attached to an aromatic ring is 1. The lowest BCUT2D eigenvalue weighted by molar-refractivity contribution is 0.0567. The van der Waals surface area contributed by atoms with Crippen LogP contribution in [0.25, 0.3) is 0 Å². The van der Waals surface area contributed by atoms with Crippen LogP contribution in [0.15, 0.2) is 6.20 Å². The summed E-state index contributed by atoms with van der Waals surface area (Å²) >= 11 is 0. The van der Waals surface area contributed by atoms with Crippen LogP contribution in [0.1, 0.15) is 17.4 Å². The van der Waals surface area contributed by atoms with Gasteiger partial charge in [-0.2, -0.15) is 5.10 Å². The van der Waals surface area contributed by atoms with Crippen molar-refractivity contribution in [3.63, 3.8) is 0 Å². The first-order valence-electron chi connectivity index (χ1n) is 5.77. The predicted octanol–water partition coefficient (Wildman–Crippen LogP) is -0.222. The molecule has 0 saturated carbocycles. The molecule has 6 nitrogen and oxygen atoms in total. The Hall–Kier alpha value is -1.56. The van der Waals surface area contributed by atoms with Crippen molar-refractivity contribution in [2.75, 3.05) is 32.4 Å². The molecule has 1 saturated heterocycles. The zero-order chi connectivity index (χ0) is 12.6. The van der Waals surface area contributed by atoms with Crippen molar-refractivity contribution in [1.82, 2.24) is 19.6 Å². The van der Waals surface area contributed by atoms with Crippen molar-refractivity contribution in [2.24, 2.45) is 7.05 Å². The molecule has 1 amide bonds. The Kier molecular flexibility index (Phi) is 3.06. The van der Waals surface area contributed by atoms with Crippen LogP contribution in [-0.4, -0.2) is 58.2 Å². The predicted molar refractivity (Wildman–Crippen MR) is 65.6 cm³/mol. The average molecular weight is 237 g/mol. The van der Waals surface area contributed by atoms with E-state index in [9.17, 15) is 4.79 Å². The van der Waals surface area contributed by atoms with Gasteiger partial charge in [0.1, 0.15) is 0 Å². The van der Waals surface area contributed by atoms with Gasteiger partial charge in [0.25, 0.3) is 5.91 Å². The molecule has 0 aliphatic carbocycles. The average Bonchev–Trinajstić information content (AvgIpc) is 2.61. The number of carbonyl (C=O) groups is 1. The molecular formula is C11H19N5O. The molecule has 1 aliphatic rings. The molecule has 2 N–H and O–H groups in total. The molecule has 1 atom stereocenters. The summed E-state index contributed by atoms with van der Waals surface area (Å²) in [5.41, 5.74) is 6.58. The molecule has 1 aromatic heterocycles. The lowest BCUT2D eigenvalue weighted by Gasteiger charge is -2.37. The second-order valence-electron chi connectivity index (χ2n) is 4.69. The topological polar surface area (TPSA) is 67.4 Å². The monoisotopic (exact) mass is 237 g/mol. The van der Waals surface area contributed by atoms with Gasteiger partial charge in [-0.3, -0.25) is 9.48 Å². The lowest BCUT2D eigenvalue weighted by atomic mass is 10.2. The number of aryl methyl sites for hydroxylation is 1. The second kappa shape index (κ2) is 4.37. The molecule has 0 bridgehead atoms. The van der Waals surface area contributed by atoms with E-state index in [1.54, 1.807) is 17.9 Å². The lowest BCUT2D eigenvalue weighted by Crippen LogP contribution is -2.52. The number of hydrogen-bond donors (Lipinski definition) is 1. The smallest absolute Gasteiger partial charge is 0.276 e. The number of aromatic nitrogens is 2. The van der Waals surface area contributed by atoms with Crippen LogP contribution in [0.5, 0.6) is 0 Å². The number of anilines is 1. The molecule has 0 radical (unpaired) electrons. The van der Waals surface area contributed by atoms with Crippen molar-refractivity contribution in [3.8, 4) is 0 Å². The first-order valence-corrected chi connectivity index (χ1v) is 5.77. The SMILES string of the molecule is CC1CN(C(=O)c2nn(C)cc2N)CCN1C. The summed E-state index contributed by atoms with van der Waals surface area (Å²) < 4.78 is 1.57. The van der Waals surface area contributed by atoms with Crippen molar-refractivity contribution in [2.45, 2.75) is 13.0 Å². The van der Waals surface area contributed by atoms with E-state index in [0.29, 0.717) is 17.4 Å². The fourth-order valence-corrected chi connectivity index (χ4v) is 2.06. The van der Waals surface area contributed by atoms with Gasteiger partial charge in [-0.1, -0.05) is 0 Å². The molecule has 0 aromatic carbocycles. The largest absolute Gasteiger partial charge is 0.396 e. The van der Waals surface area contributed by atoms with Crippen molar-refractivity contribution in [1.29, 1.82) is 0 Å². The Morgan fingerprint density at radius 2 is 2.18 bits per heavy atom. The van der Waals surface area contributed by atoms with Gasteiger partial charge in [-0.25, -0.2) is 0 Å². The molecule has 1 aromatic rings. The van der Waals surface area contributed by atoms with Crippen molar-refractivity contribution >= 4 is 11.6 Å². The zero-order valence-corrected chi connectivity index (χ0v) is 10.6. The van der Waals surface area contributed by atoms with Gasteiger partial charge in [0.15, 0.2) is 5.69 Å². The minimum Gasteiger partial charge on any atom is -0.396 e. The van der Waals surface area contributed by atoms with E-state index in [-0.39, 0.29) is 5.91 Å². The second-order valence-corrected chi connectivity index (χ2v) is 4.69. The fourth-order valence-electron chi connectivity index (χ4n) is 2.06. The Bertz CT molecular complexity index is 427. The number of rotatable bonds is 1. The quantitative estimate of drug-likeness (QED) is 0.733. The third-order valence-electron chi connectivity index (χ3n) is 3.31. The van der Waals surface area contributed by atoms with E-state index in [2.05, 4.69) is 24.0 Å². The van der Waals surface area contributed by atoms with E-state index < -0.39 is 0 Å². The highest BCUT2D eigenvalue weighted by atomic mass is 16.2. The van der Waals surface area contributed by atoms with Crippen LogP contribution < -0.4 is 5.73 Å². The maximum absolute atomic E-state index is 12.2. The van der Waals surface area contributed by atoms with E-state index >= 15 is 0 Å². The molecule has 2 rings (SSSR count). The Morgan fingerprint density at radius 3 is 2.71 bits per heavy atom. The Labute approximate surface area is 101 Å². The van der Waals surface area contributed by atoms with Crippen LogP contribution in [-0.2, 0) is 7.05 Å². The van der Waals surface area contributed by atoms with Crippen molar-refractivity contribution < 1.29 is 4.79 Å². The Balaban J connectivity index is 2.13. The van der Waals surface area contributed by atoms with Crippen LogP contribution >= 0.6 is 0 Å². The number of amides is 1. The molecule has 1 aliphatic heterocycles. The standard InChI is InChI=1S/C11H19N5O/c1-8-6-16(5-4-14(8)2)11(17)10-9(12)7-15(3)13-10/h7-8H,4-6,12H2,1-3H3. The summed E-state index contributed by atoms with van der Waals surface area (Å²) in [6, 6.07) is 0.373. The molecule has 1 unspecified atom stereocenters. The fraction of sp³-hybridized carbons (Fsp3) is 0.636. The van der Waals surface area contributed by atoms with Gasteiger partial charge >= 0.3 is 0 Å². The van der Waals surface area contributed by atoms with Gasteiger partial charge in [0.2, 0.25) is 0 Å². The van der Waals surface area contributed by atoms with E-state index in [0.717, 1.165) is 19.6 Å². The number of piperazine rings is 1. The van der Waals surface area contributed by atoms with E-state index in [1.807, 2.05) is 4.90 Å². The first-order chi connectivity index (χ1) is 7.99. The first kappa shape index (κ1) is 11.9. The molecule has 0 spiro atoms. The van der Waals surface area contributed by atoms with Gasteiger partial charge in [0, 0.05) is 38.9 Å². The number of nitrogens with zero attached hydrogens (tertiary/aromatic N) is 4. The number of carbonyl (C=O) groups excluding carboxylic acids is 1. The molecule has 2 heterocycles. The maximum atomic E-state index is 12.2. The third-order valence-corrected chi connectivity index (χ3v) is 3.31. The minimum atomic E-state index is -0.0666. The van der Waals surface area contributed by atoms with E-state index in [4.69, 9.17) is 5.73 Å². The Morgan fingerprint density at radius 1 is 1.47 bits per heavy atom. The minimum absolute atomic E-state index is 0.0666. The molecule has 1 fully saturated rings. The highest BCUT2D eigenvalue weighted by molar-refractivity contribution is 5.97. The van der Waals surface area contributed by atoms with Crippen molar-refractivity contribution in [3.05, 3.63) is 11.9 Å². The normalized spacial score (nSPS) is 21.8. The summed E-state index contributed by atoms with van der Waals surface area (Å²) in [4.78, 5) is 16.3. The van der Waals surface area contributed by atoms with Crippen LogP contribution in [0.3, 0.4) is 0 Å². The summed E-state index contributed by atoms with van der Waals surface area (Å²) in [6.45, 7) is 4.46. The van der Waals surface area contributed by atoms with Gasteiger partial charge in [-0.15, -0.1) is 0 Å². The third kappa shape index (κ3) is 2.26. The molecular weight excluding hydrogens is 218 g/mol. The molecule has 6 heteroatoms. The summed E-state index contributed by atoms with van der Waals surface area (Å²) in [7, 11) is 3.83. The summed E-state index contributed by atoms with van der Waals surface area (Å²) in [5, 5.41) is 4.12. The van der Waals surface area contributed by atoms with E-state index in [1.165, 1.54) is 0 Å². The maximum Gasteiger partial charge on any atom is 0.276 e. The molecule has 17 heavy (non-hydrogen) atoms. The number of nitrogens with two attached hydrogens (primary N) is 1. The van der Waals surface area contributed by atoms with Gasteiger partial charge < -0.3 is 15.5 Å². The van der Waals surface area contributed by atoms with Crippen LogP contribution in [0.2, 0.25) is 0 Å². The van der Waals surface area contributed by atoms with Gasteiger partial charge in [-0.05, 0) is 14.0 Å². The zero-order valence-electron chi connectivity index (χ0n) is 10.6. The van der Waals surface area contributed by atoms with Crippen LogP contribution in [0, 0.1) is 0 Å².